The van der Waals surface area contributed by atoms with Crippen LogP contribution in [0.4, 0.5) is 5.69 Å². The van der Waals surface area contributed by atoms with Crippen LogP contribution in [0.3, 0.4) is 0 Å². The molecule has 2 amide bonds. The minimum absolute atomic E-state index is 0.0760. The molecule has 1 aromatic heterocycles. The maximum absolute atomic E-state index is 12.6. The summed E-state index contributed by atoms with van der Waals surface area (Å²) in [6.45, 7) is 2.80. The number of furan rings is 1. The quantitative estimate of drug-likeness (QED) is 0.563. The molecule has 9 nitrogen and oxygen atoms in total. The first-order valence-electron chi connectivity index (χ1n) is 10.3. The second kappa shape index (κ2) is 9.17. The molecule has 168 valence electrons. The van der Waals surface area contributed by atoms with Crippen LogP contribution in [0, 0.1) is 12.8 Å². The van der Waals surface area contributed by atoms with Gasteiger partial charge in [0.25, 0.3) is 0 Å². The van der Waals surface area contributed by atoms with Crippen molar-refractivity contribution in [1.29, 1.82) is 0 Å². The third kappa shape index (κ3) is 4.61. The van der Waals surface area contributed by atoms with Crippen LogP contribution in [0.1, 0.15) is 34.7 Å². The van der Waals surface area contributed by atoms with Gasteiger partial charge in [0.2, 0.25) is 18.6 Å². The van der Waals surface area contributed by atoms with E-state index < -0.39 is 5.97 Å². The fraction of sp³-hybridized carbons (Fsp3) is 0.348. The molecular weight excluding hydrogens is 416 g/mol. The Kier molecular flexibility index (Phi) is 6.16. The van der Waals surface area contributed by atoms with Crippen LogP contribution in [0.15, 0.2) is 34.8 Å². The molecule has 0 atom stereocenters. The summed E-state index contributed by atoms with van der Waals surface area (Å²) in [5.74, 6) is 1.19. The number of fused-ring (bicyclic) bond motifs is 1. The molecule has 1 saturated heterocycles. The van der Waals surface area contributed by atoms with Crippen LogP contribution in [0.25, 0.3) is 6.08 Å². The van der Waals surface area contributed by atoms with Gasteiger partial charge in [-0.15, -0.1) is 0 Å². The number of hydrogen-bond donors (Lipinski definition) is 1. The van der Waals surface area contributed by atoms with E-state index in [9.17, 15) is 14.4 Å². The zero-order chi connectivity index (χ0) is 22.7. The van der Waals surface area contributed by atoms with E-state index in [1.807, 2.05) is 0 Å². The van der Waals surface area contributed by atoms with Gasteiger partial charge in [0.05, 0.1) is 7.11 Å². The number of rotatable bonds is 5. The highest BCUT2D eigenvalue weighted by Crippen LogP contribution is 2.34. The van der Waals surface area contributed by atoms with Crippen LogP contribution in [-0.4, -0.2) is 49.7 Å². The van der Waals surface area contributed by atoms with Gasteiger partial charge >= 0.3 is 5.97 Å². The Labute approximate surface area is 184 Å². The minimum atomic E-state index is -0.488. The number of ether oxygens (including phenoxy) is 3. The summed E-state index contributed by atoms with van der Waals surface area (Å²) in [6.07, 6.45) is 4.08. The summed E-state index contributed by atoms with van der Waals surface area (Å²) in [6, 6.07) is 6.82. The number of carbonyl (C=O) groups is 3. The number of benzene rings is 1. The van der Waals surface area contributed by atoms with E-state index in [2.05, 4.69) is 5.32 Å². The Balaban J connectivity index is 1.28. The number of esters is 1. The number of nitrogens with one attached hydrogen (secondary N) is 1. The van der Waals surface area contributed by atoms with E-state index in [-0.39, 0.29) is 24.5 Å². The van der Waals surface area contributed by atoms with E-state index >= 15 is 0 Å². The monoisotopic (exact) mass is 440 g/mol. The van der Waals surface area contributed by atoms with E-state index in [0.717, 1.165) is 0 Å². The molecule has 0 spiro atoms. The first-order chi connectivity index (χ1) is 15.4. The van der Waals surface area contributed by atoms with Crippen molar-refractivity contribution in [3.05, 3.63) is 47.4 Å². The fourth-order valence-electron chi connectivity index (χ4n) is 3.74. The Morgan fingerprint density at radius 1 is 1.12 bits per heavy atom. The number of carbonyl (C=O) groups excluding carboxylic acids is 3. The maximum Gasteiger partial charge on any atom is 0.341 e. The number of anilines is 1. The summed E-state index contributed by atoms with van der Waals surface area (Å²) in [5.41, 5.74) is 0.981. The van der Waals surface area contributed by atoms with E-state index in [4.69, 9.17) is 18.6 Å². The molecule has 0 radical (unpaired) electrons. The summed E-state index contributed by atoms with van der Waals surface area (Å²) in [5, 5.41) is 2.91. The average molecular weight is 440 g/mol. The first-order valence-corrected chi connectivity index (χ1v) is 10.3. The Morgan fingerprint density at radius 2 is 1.88 bits per heavy atom. The average Bonchev–Trinajstić information content (AvgIpc) is 3.42. The second-order valence-electron chi connectivity index (χ2n) is 7.60. The number of hydrogen-bond acceptors (Lipinski definition) is 7. The van der Waals surface area contributed by atoms with E-state index in [0.29, 0.717) is 60.2 Å². The van der Waals surface area contributed by atoms with Gasteiger partial charge in [-0.3, -0.25) is 9.59 Å². The van der Waals surface area contributed by atoms with Crippen molar-refractivity contribution < 1.29 is 33.0 Å². The van der Waals surface area contributed by atoms with Crippen LogP contribution in [-0.2, 0) is 14.3 Å². The SMILES string of the molecule is COC(=O)c1cc(C=CC(=O)N2CCC(C(=O)Nc3ccc4c(c3)OCO4)CC2)oc1C. The molecule has 1 N–H and O–H groups in total. The molecule has 1 aromatic carbocycles. The van der Waals surface area contributed by atoms with Gasteiger partial charge in [0.15, 0.2) is 11.5 Å². The Hall–Kier alpha value is -3.75. The lowest BCUT2D eigenvalue weighted by Crippen LogP contribution is -2.40. The Bertz CT molecular complexity index is 1060. The first kappa shape index (κ1) is 21.5. The second-order valence-corrected chi connectivity index (χ2v) is 7.60. The van der Waals surface area contributed by atoms with Crippen molar-refractivity contribution in [2.75, 3.05) is 32.3 Å². The molecule has 0 saturated carbocycles. The normalized spacial score (nSPS) is 15.8. The molecule has 2 aliphatic heterocycles. The predicted molar refractivity (Wildman–Crippen MR) is 114 cm³/mol. The smallest absolute Gasteiger partial charge is 0.341 e. The fourth-order valence-corrected chi connectivity index (χ4v) is 3.74. The highest BCUT2D eigenvalue weighted by molar-refractivity contribution is 5.95. The molecular formula is C23H24N2O7. The van der Waals surface area contributed by atoms with Gasteiger partial charge in [0, 0.05) is 36.8 Å². The molecule has 32 heavy (non-hydrogen) atoms. The largest absolute Gasteiger partial charge is 0.465 e. The minimum Gasteiger partial charge on any atom is -0.465 e. The van der Waals surface area contributed by atoms with Crippen LogP contribution in [0.5, 0.6) is 11.5 Å². The zero-order valence-electron chi connectivity index (χ0n) is 17.9. The lowest BCUT2D eigenvalue weighted by molar-refractivity contribution is -0.130. The van der Waals surface area contributed by atoms with E-state index in [1.54, 1.807) is 30.0 Å². The molecule has 1 fully saturated rings. The van der Waals surface area contributed by atoms with E-state index in [1.165, 1.54) is 25.3 Å². The zero-order valence-corrected chi connectivity index (χ0v) is 17.9. The van der Waals surface area contributed by atoms with Gasteiger partial charge in [-0.2, -0.15) is 0 Å². The molecule has 2 aromatic rings. The highest BCUT2D eigenvalue weighted by atomic mass is 16.7. The summed E-state index contributed by atoms with van der Waals surface area (Å²) >= 11 is 0. The van der Waals surface area contributed by atoms with Crippen molar-refractivity contribution in [2.24, 2.45) is 5.92 Å². The van der Waals surface area contributed by atoms with Crippen LogP contribution < -0.4 is 14.8 Å². The van der Waals surface area contributed by atoms with Crippen LogP contribution in [0.2, 0.25) is 0 Å². The number of amides is 2. The topological polar surface area (TPSA) is 107 Å². The summed E-state index contributed by atoms with van der Waals surface area (Å²) in [4.78, 5) is 38.5. The highest BCUT2D eigenvalue weighted by Gasteiger charge is 2.27. The van der Waals surface area contributed by atoms with Gasteiger partial charge in [0.1, 0.15) is 17.1 Å². The van der Waals surface area contributed by atoms with Gasteiger partial charge in [-0.1, -0.05) is 0 Å². The third-order valence-corrected chi connectivity index (χ3v) is 5.55. The standard InChI is InChI=1S/C23H24N2O7/c1-14-18(23(28)29-2)12-17(32-14)4-6-21(26)25-9-7-15(8-10-25)22(27)24-16-3-5-19-20(11-16)31-13-30-19/h3-6,11-12,15H,7-10,13H2,1-2H3,(H,24,27). The molecule has 2 aliphatic rings. The van der Waals surface area contributed by atoms with Gasteiger partial charge < -0.3 is 28.8 Å². The molecule has 3 heterocycles. The number of methoxy groups -OCH3 is 1. The molecule has 0 aliphatic carbocycles. The number of piperidine rings is 1. The van der Waals surface area contributed by atoms with Gasteiger partial charge in [-0.25, -0.2) is 4.79 Å². The number of aryl methyl sites for hydroxylation is 1. The third-order valence-electron chi connectivity index (χ3n) is 5.55. The molecule has 4 rings (SSSR count). The molecule has 9 heteroatoms. The predicted octanol–water partition coefficient (Wildman–Crippen LogP) is 2.99. The van der Waals surface area contributed by atoms with Crippen molar-refractivity contribution in [2.45, 2.75) is 19.8 Å². The summed E-state index contributed by atoms with van der Waals surface area (Å²) in [7, 11) is 1.30. The van der Waals surface area contributed by atoms with Crippen molar-refractivity contribution in [3.8, 4) is 11.5 Å². The summed E-state index contributed by atoms with van der Waals surface area (Å²) < 4.78 is 20.8. The lowest BCUT2D eigenvalue weighted by Gasteiger charge is -2.30. The van der Waals surface area contributed by atoms with Crippen LogP contribution >= 0.6 is 0 Å². The molecule has 0 unspecified atom stereocenters. The lowest BCUT2D eigenvalue weighted by atomic mass is 9.95. The Morgan fingerprint density at radius 3 is 2.62 bits per heavy atom. The number of nitrogens with zero attached hydrogens (tertiary/aromatic N) is 1. The number of likely N-dealkylation sites (tertiary alicyclic amines) is 1. The molecule has 0 bridgehead atoms. The maximum atomic E-state index is 12.6. The van der Waals surface area contributed by atoms with Crippen molar-refractivity contribution >= 4 is 29.5 Å². The van der Waals surface area contributed by atoms with Crippen molar-refractivity contribution in [1.82, 2.24) is 4.90 Å². The van der Waals surface area contributed by atoms with Gasteiger partial charge in [-0.05, 0) is 44.0 Å². The van der Waals surface area contributed by atoms with Crippen molar-refractivity contribution in [3.63, 3.8) is 0 Å².